The summed E-state index contributed by atoms with van der Waals surface area (Å²) in [5.74, 6) is -1.25. The number of rotatable bonds is 10. The van der Waals surface area contributed by atoms with E-state index in [1.807, 2.05) is 88.4 Å². The molecule has 2 aromatic rings. The van der Waals surface area contributed by atoms with Gasteiger partial charge in [-0.1, -0.05) is 88.4 Å². The summed E-state index contributed by atoms with van der Waals surface area (Å²) in [5, 5.41) is 13.9. The highest BCUT2D eigenvalue weighted by Crippen LogP contribution is 2.37. The number of carbonyl (C=O) groups excluding carboxylic acids is 3. The highest BCUT2D eigenvalue weighted by molar-refractivity contribution is 6.25. The van der Waals surface area contributed by atoms with Crippen LogP contribution in [0.2, 0.25) is 0 Å². The number of allylic oxidation sites excluding steroid dienone is 1. The Morgan fingerprint density at radius 2 is 1.59 bits per heavy atom. The molecular formula is C31H38N2O6. The third-order valence-electron chi connectivity index (χ3n) is 6.60. The Morgan fingerprint density at radius 1 is 1.00 bits per heavy atom. The first-order valence-electron chi connectivity index (χ1n) is 13.1. The molecule has 0 fully saturated rings. The Hall–Kier alpha value is -3.94. The van der Waals surface area contributed by atoms with Crippen LogP contribution in [0.3, 0.4) is 0 Å². The zero-order valence-corrected chi connectivity index (χ0v) is 23.3. The second-order valence-corrected chi connectivity index (χ2v) is 10.9. The number of nitrogens with one attached hydrogen (secondary N) is 1. The van der Waals surface area contributed by atoms with Crippen LogP contribution in [0.5, 0.6) is 0 Å². The number of benzene rings is 2. The molecule has 1 aliphatic carbocycles. The summed E-state index contributed by atoms with van der Waals surface area (Å²) in [5.41, 5.74) is 1.42. The lowest BCUT2D eigenvalue weighted by Crippen LogP contribution is -2.48. The Bertz CT molecular complexity index is 1220. The van der Waals surface area contributed by atoms with Crippen molar-refractivity contribution in [3.63, 3.8) is 0 Å². The van der Waals surface area contributed by atoms with Crippen LogP contribution in [0.15, 0.2) is 77.0 Å². The SMILES string of the molecule is COC(=O)C(Cc1ccccc1)N=C(C1=C(O)CC(C)(C)CC1=O)C(NC(=O)OCc1ccccc1)C(C)C. The van der Waals surface area contributed by atoms with Crippen molar-refractivity contribution in [3.8, 4) is 0 Å². The third kappa shape index (κ3) is 8.27. The molecule has 39 heavy (non-hydrogen) atoms. The molecule has 8 heteroatoms. The number of hydrogen-bond acceptors (Lipinski definition) is 7. The lowest BCUT2D eigenvalue weighted by Gasteiger charge is -2.33. The van der Waals surface area contributed by atoms with Crippen LogP contribution >= 0.6 is 0 Å². The third-order valence-corrected chi connectivity index (χ3v) is 6.60. The van der Waals surface area contributed by atoms with Gasteiger partial charge in [0.1, 0.15) is 12.4 Å². The zero-order valence-electron chi connectivity index (χ0n) is 23.3. The van der Waals surface area contributed by atoms with Crippen LogP contribution < -0.4 is 5.32 Å². The van der Waals surface area contributed by atoms with E-state index in [2.05, 4.69) is 5.32 Å². The molecular weight excluding hydrogens is 496 g/mol. The molecule has 2 aromatic carbocycles. The van der Waals surface area contributed by atoms with Crippen LogP contribution in [-0.2, 0) is 32.1 Å². The maximum Gasteiger partial charge on any atom is 0.408 e. The van der Waals surface area contributed by atoms with Crippen molar-refractivity contribution in [1.29, 1.82) is 0 Å². The predicted octanol–water partition coefficient (Wildman–Crippen LogP) is 5.36. The molecule has 208 valence electrons. The summed E-state index contributed by atoms with van der Waals surface area (Å²) in [6.07, 6.45) is -0.0334. The molecule has 0 radical (unpaired) electrons. The van der Waals surface area contributed by atoms with Crippen LogP contribution in [0.25, 0.3) is 0 Å². The predicted molar refractivity (Wildman–Crippen MR) is 149 cm³/mol. The van der Waals surface area contributed by atoms with Gasteiger partial charge < -0.3 is 19.9 Å². The van der Waals surface area contributed by atoms with Crippen molar-refractivity contribution in [1.82, 2.24) is 5.32 Å². The van der Waals surface area contributed by atoms with Gasteiger partial charge in [-0.15, -0.1) is 0 Å². The van der Waals surface area contributed by atoms with Crippen molar-refractivity contribution in [2.75, 3.05) is 7.11 Å². The smallest absolute Gasteiger partial charge is 0.408 e. The number of aliphatic hydroxyl groups is 1. The molecule has 0 aliphatic heterocycles. The minimum atomic E-state index is -1.00. The van der Waals surface area contributed by atoms with Gasteiger partial charge in [0.2, 0.25) is 0 Å². The quantitative estimate of drug-likeness (QED) is 0.313. The number of aliphatic imine (C=N–C) groups is 1. The molecule has 1 amide bonds. The number of ether oxygens (including phenoxy) is 2. The topological polar surface area (TPSA) is 114 Å². The number of alkyl carbamates (subject to hydrolysis) is 1. The minimum absolute atomic E-state index is 0.0401. The molecule has 0 aromatic heterocycles. The zero-order chi connectivity index (χ0) is 28.6. The van der Waals surface area contributed by atoms with E-state index in [-0.39, 0.29) is 54.6 Å². The molecule has 2 atom stereocenters. The second kappa shape index (κ2) is 13.2. The molecule has 2 unspecified atom stereocenters. The van der Waals surface area contributed by atoms with E-state index in [9.17, 15) is 19.5 Å². The number of Topliss-reactive ketones (excluding diaryl/α,β-unsaturated/α-hetero) is 1. The van der Waals surface area contributed by atoms with Gasteiger partial charge in [0.05, 0.1) is 24.4 Å². The van der Waals surface area contributed by atoms with Crippen molar-refractivity contribution >= 4 is 23.6 Å². The molecule has 0 saturated carbocycles. The summed E-state index contributed by atoms with van der Waals surface area (Å²) in [6.45, 7) is 7.58. The first-order valence-corrected chi connectivity index (χ1v) is 13.1. The van der Waals surface area contributed by atoms with E-state index < -0.39 is 29.6 Å². The summed E-state index contributed by atoms with van der Waals surface area (Å²) in [4.78, 5) is 43.9. The van der Waals surface area contributed by atoms with Gasteiger partial charge in [0.15, 0.2) is 11.8 Å². The van der Waals surface area contributed by atoms with Crippen LogP contribution in [0.4, 0.5) is 4.79 Å². The van der Waals surface area contributed by atoms with Gasteiger partial charge in [-0.05, 0) is 22.5 Å². The fourth-order valence-corrected chi connectivity index (χ4v) is 4.64. The van der Waals surface area contributed by atoms with Gasteiger partial charge in [0.25, 0.3) is 0 Å². The number of nitrogens with zero attached hydrogens (tertiary/aromatic N) is 1. The molecule has 0 bridgehead atoms. The normalized spacial score (nSPS) is 17.0. The molecule has 3 rings (SSSR count). The highest BCUT2D eigenvalue weighted by Gasteiger charge is 2.39. The van der Waals surface area contributed by atoms with E-state index in [0.717, 1.165) is 11.1 Å². The molecule has 2 N–H and O–H groups in total. The minimum Gasteiger partial charge on any atom is -0.511 e. The molecule has 0 heterocycles. The maximum atomic E-state index is 13.4. The van der Waals surface area contributed by atoms with Crippen molar-refractivity contribution in [3.05, 3.63) is 83.1 Å². The fourth-order valence-electron chi connectivity index (χ4n) is 4.64. The van der Waals surface area contributed by atoms with E-state index in [1.54, 1.807) is 0 Å². The molecule has 1 aliphatic rings. The van der Waals surface area contributed by atoms with Crippen molar-refractivity contribution < 1.29 is 29.0 Å². The van der Waals surface area contributed by atoms with E-state index in [0.29, 0.717) is 0 Å². The number of ketones is 1. The first kappa shape index (κ1) is 29.6. The Labute approximate surface area is 230 Å². The number of aliphatic hydroxyl groups excluding tert-OH is 1. The van der Waals surface area contributed by atoms with Gasteiger partial charge in [0, 0.05) is 19.3 Å². The maximum absolute atomic E-state index is 13.4. The Morgan fingerprint density at radius 3 is 2.13 bits per heavy atom. The van der Waals surface area contributed by atoms with Crippen molar-refractivity contribution in [2.24, 2.45) is 16.3 Å². The van der Waals surface area contributed by atoms with E-state index in [4.69, 9.17) is 14.5 Å². The van der Waals surface area contributed by atoms with Crippen LogP contribution in [0.1, 0.15) is 51.7 Å². The van der Waals surface area contributed by atoms with E-state index >= 15 is 0 Å². The number of methoxy groups -OCH3 is 1. The monoisotopic (exact) mass is 534 g/mol. The fraction of sp³-hybridized carbons (Fsp3) is 0.419. The van der Waals surface area contributed by atoms with Crippen LogP contribution in [0, 0.1) is 11.3 Å². The number of carbonyl (C=O) groups is 3. The first-order chi connectivity index (χ1) is 18.5. The van der Waals surface area contributed by atoms with E-state index in [1.165, 1.54) is 7.11 Å². The summed E-state index contributed by atoms with van der Waals surface area (Å²) in [6, 6.07) is 16.8. The summed E-state index contributed by atoms with van der Waals surface area (Å²) >= 11 is 0. The lowest BCUT2D eigenvalue weighted by atomic mass is 9.74. The summed E-state index contributed by atoms with van der Waals surface area (Å²) in [7, 11) is 1.28. The number of esters is 1. The largest absolute Gasteiger partial charge is 0.511 e. The molecule has 0 saturated heterocycles. The van der Waals surface area contributed by atoms with Gasteiger partial charge in [-0.2, -0.15) is 0 Å². The van der Waals surface area contributed by atoms with Crippen molar-refractivity contribution in [2.45, 2.75) is 65.6 Å². The lowest BCUT2D eigenvalue weighted by molar-refractivity contribution is -0.142. The Kier molecular flexibility index (Phi) is 10.0. The standard InChI is InChI=1S/C31H38N2O6/c1-20(2)27(33-30(37)39-19-22-14-10-7-11-15-22)28(26-24(34)17-31(3,4)18-25(26)35)32-23(29(36)38-5)16-21-12-8-6-9-13-21/h6-15,20,23,27,34H,16-19H2,1-5H3,(H,33,37). The average Bonchev–Trinajstić information content (AvgIpc) is 2.89. The van der Waals surface area contributed by atoms with Gasteiger partial charge in [-0.3, -0.25) is 9.79 Å². The van der Waals surface area contributed by atoms with Gasteiger partial charge >= 0.3 is 12.1 Å². The average molecular weight is 535 g/mol. The highest BCUT2D eigenvalue weighted by atomic mass is 16.5. The number of amides is 1. The number of hydrogen-bond donors (Lipinski definition) is 2. The van der Waals surface area contributed by atoms with Gasteiger partial charge in [-0.25, -0.2) is 9.59 Å². The Balaban J connectivity index is 2.03. The second-order valence-electron chi connectivity index (χ2n) is 10.9. The molecule has 8 nitrogen and oxygen atoms in total. The van der Waals surface area contributed by atoms with Crippen LogP contribution in [-0.4, -0.2) is 47.9 Å². The molecule has 0 spiro atoms. The summed E-state index contributed by atoms with van der Waals surface area (Å²) < 4.78 is 10.5.